The lowest BCUT2D eigenvalue weighted by molar-refractivity contribution is -0.151. The second kappa shape index (κ2) is 6.85. The Labute approximate surface area is 129 Å². The number of ether oxygens (including phenoxy) is 1. The molecule has 0 aliphatic carbocycles. The molecule has 0 spiro atoms. The number of esters is 1. The molecule has 0 aromatic heterocycles. The van der Waals surface area contributed by atoms with Crippen molar-refractivity contribution < 1.29 is 14.3 Å². The lowest BCUT2D eigenvalue weighted by Crippen LogP contribution is -2.25. The molecule has 1 aromatic rings. The topological polar surface area (TPSA) is 72.6 Å². The molecular weight excluding hydrogens is 288 g/mol. The number of carbonyl (C=O) groups is 2. The average molecular weight is 310 g/mol. The predicted octanol–water partition coefficient (Wildman–Crippen LogP) is 2.40. The van der Waals surface area contributed by atoms with Gasteiger partial charge in [0.2, 0.25) is 0 Å². The Balaban J connectivity index is 2.70. The van der Waals surface area contributed by atoms with Crippen molar-refractivity contribution in [2.75, 3.05) is 25.6 Å². The number of hydrogen-bond acceptors (Lipinski definition) is 5. The molecule has 1 aromatic carbocycles. The van der Waals surface area contributed by atoms with Gasteiger partial charge in [-0.25, -0.2) is 0 Å². The molecule has 5 nitrogen and oxygen atoms in total. The molecule has 1 amide bonds. The van der Waals surface area contributed by atoms with Crippen molar-refractivity contribution in [1.82, 2.24) is 4.90 Å². The number of nitrogen functional groups attached to an aromatic ring is 1. The molecule has 0 bridgehead atoms. The zero-order chi connectivity index (χ0) is 16.2. The van der Waals surface area contributed by atoms with Crippen molar-refractivity contribution in [3.63, 3.8) is 0 Å². The summed E-state index contributed by atoms with van der Waals surface area (Å²) in [5, 5.41) is 0. The highest BCUT2D eigenvalue weighted by molar-refractivity contribution is 8.00. The van der Waals surface area contributed by atoms with Crippen LogP contribution in [0.3, 0.4) is 0 Å². The highest BCUT2D eigenvalue weighted by Gasteiger charge is 2.17. The minimum absolute atomic E-state index is 0.106. The van der Waals surface area contributed by atoms with Crippen LogP contribution in [0.25, 0.3) is 0 Å². The standard InChI is InChI=1S/C15H22N2O3S/c1-15(2,3)20-13(18)9-21-12-7-6-10(8-11(12)16)14(19)17(4)5/h6-8H,9,16H2,1-5H3. The Kier molecular flexibility index (Phi) is 5.66. The highest BCUT2D eigenvalue weighted by atomic mass is 32.2. The number of amides is 1. The molecule has 21 heavy (non-hydrogen) atoms. The number of thioether (sulfide) groups is 1. The molecule has 6 heteroatoms. The van der Waals surface area contributed by atoms with Crippen molar-refractivity contribution in [3.05, 3.63) is 23.8 Å². The normalized spacial score (nSPS) is 11.1. The molecule has 0 atom stereocenters. The molecule has 0 saturated carbocycles. The number of benzene rings is 1. The van der Waals surface area contributed by atoms with E-state index >= 15 is 0 Å². The summed E-state index contributed by atoms with van der Waals surface area (Å²) in [5.74, 6) is -0.214. The van der Waals surface area contributed by atoms with Crippen molar-refractivity contribution >= 4 is 29.3 Å². The first kappa shape index (κ1) is 17.4. The molecule has 0 radical (unpaired) electrons. The highest BCUT2D eigenvalue weighted by Crippen LogP contribution is 2.26. The predicted molar refractivity (Wildman–Crippen MR) is 85.4 cm³/mol. The fraction of sp³-hybridized carbons (Fsp3) is 0.467. The molecule has 0 unspecified atom stereocenters. The van der Waals surface area contributed by atoms with Crippen LogP contribution in [0.2, 0.25) is 0 Å². The van der Waals surface area contributed by atoms with Gasteiger partial charge >= 0.3 is 5.97 Å². The number of anilines is 1. The number of carbonyl (C=O) groups excluding carboxylic acids is 2. The Hall–Kier alpha value is -1.69. The number of nitrogens with zero attached hydrogens (tertiary/aromatic N) is 1. The summed E-state index contributed by atoms with van der Waals surface area (Å²) in [4.78, 5) is 25.7. The second-order valence-electron chi connectivity index (χ2n) is 5.83. The van der Waals surface area contributed by atoms with E-state index in [-0.39, 0.29) is 17.6 Å². The van der Waals surface area contributed by atoms with Gasteiger partial charge in [0.05, 0.1) is 5.75 Å². The van der Waals surface area contributed by atoms with Crippen LogP contribution in [0.1, 0.15) is 31.1 Å². The van der Waals surface area contributed by atoms with Gasteiger partial charge in [-0.3, -0.25) is 9.59 Å². The first-order valence-electron chi connectivity index (χ1n) is 6.56. The summed E-state index contributed by atoms with van der Waals surface area (Å²) >= 11 is 1.30. The molecule has 0 saturated heterocycles. The van der Waals surface area contributed by atoms with Crippen molar-refractivity contribution in [3.8, 4) is 0 Å². The number of rotatable bonds is 4. The molecular formula is C15H22N2O3S. The Bertz CT molecular complexity index is 536. The van der Waals surface area contributed by atoms with Gasteiger partial charge in [-0.2, -0.15) is 0 Å². The summed E-state index contributed by atoms with van der Waals surface area (Å²) in [7, 11) is 3.37. The Morgan fingerprint density at radius 2 is 1.90 bits per heavy atom. The maximum Gasteiger partial charge on any atom is 0.316 e. The second-order valence-corrected chi connectivity index (χ2v) is 6.84. The maximum atomic E-state index is 11.8. The lowest BCUT2D eigenvalue weighted by Gasteiger charge is -2.19. The van der Waals surface area contributed by atoms with Crippen molar-refractivity contribution in [1.29, 1.82) is 0 Å². The van der Waals surface area contributed by atoms with E-state index in [1.807, 2.05) is 20.8 Å². The van der Waals surface area contributed by atoms with Crippen molar-refractivity contribution in [2.24, 2.45) is 0 Å². The number of hydrogen-bond donors (Lipinski definition) is 1. The molecule has 0 fully saturated rings. The van der Waals surface area contributed by atoms with E-state index in [0.29, 0.717) is 11.3 Å². The van der Waals surface area contributed by atoms with Crippen LogP contribution in [0.4, 0.5) is 5.69 Å². The van der Waals surface area contributed by atoms with E-state index in [4.69, 9.17) is 10.5 Å². The van der Waals surface area contributed by atoms with E-state index in [1.165, 1.54) is 16.7 Å². The largest absolute Gasteiger partial charge is 0.459 e. The zero-order valence-electron chi connectivity index (χ0n) is 13.1. The first-order valence-corrected chi connectivity index (χ1v) is 7.54. The van der Waals surface area contributed by atoms with Gasteiger partial charge in [0.15, 0.2) is 0 Å². The van der Waals surface area contributed by atoms with Crippen LogP contribution >= 0.6 is 11.8 Å². The lowest BCUT2D eigenvalue weighted by atomic mass is 10.2. The Morgan fingerprint density at radius 1 is 1.29 bits per heavy atom. The van der Waals surface area contributed by atoms with E-state index < -0.39 is 5.60 Å². The minimum Gasteiger partial charge on any atom is -0.459 e. The summed E-state index contributed by atoms with van der Waals surface area (Å²) in [6.07, 6.45) is 0. The molecule has 116 valence electrons. The third kappa shape index (κ3) is 5.67. The summed E-state index contributed by atoms with van der Waals surface area (Å²) in [5.41, 5.74) is 6.44. The van der Waals surface area contributed by atoms with Crippen LogP contribution in [0.5, 0.6) is 0 Å². The van der Waals surface area contributed by atoms with Gasteiger partial charge in [0.25, 0.3) is 5.91 Å². The van der Waals surface area contributed by atoms with Gasteiger partial charge in [-0.05, 0) is 39.0 Å². The van der Waals surface area contributed by atoms with Gasteiger partial charge < -0.3 is 15.4 Å². The first-order chi connectivity index (χ1) is 9.60. The van der Waals surface area contributed by atoms with Crippen LogP contribution in [-0.4, -0.2) is 42.2 Å². The van der Waals surface area contributed by atoms with E-state index in [9.17, 15) is 9.59 Å². The third-order valence-electron chi connectivity index (χ3n) is 2.43. The van der Waals surface area contributed by atoms with Crippen LogP contribution in [0.15, 0.2) is 23.1 Å². The molecule has 0 aliphatic heterocycles. The van der Waals surface area contributed by atoms with Gasteiger partial charge in [0.1, 0.15) is 5.60 Å². The summed E-state index contributed by atoms with van der Waals surface area (Å²) in [6, 6.07) is 5.08. The quantitative estimate of drug-likeness (QED) is 0.525. The van der Waals surface area contributed by atoms with Gasteiger partial charge in [0, 0.05) is 30.2 Å². The minimum atomic E-state index is -0.495. The van der Waals surface area contributed by atoms with Crippen LogP contribution in [0, 0.1) is 0 Å². The monoisotopic (exact) mass is 310 g/mol. The smallest absolute Gasteiger partial charge is 0.316 e. The van der Waals surface area contributed by atoms with Gasteiger partial charge in [-0.15, -0.1) is 11.8 Å². The summed E-state index contributed by atoms with van der Waals surface area (Å²) in [6.45, 7) is 5.47. The molecule has 2 N–H and O–H groups in total. The molecule has 0 aliphatic rings. The SMILES string of the molecule is CN(C)C(=O)c1ccc(SCC(=O)OC(C)(C)C)c(N)c1. The van der Waals surface area contributed by atoms with E-state index in [0.717, 1.165) is 4.90 Å². The van der Waals surface area contributed by atoms with Gasteiger partial charge in [-0.1, -0.05) is 0 Å². The molecule has 0 heterocycles. The zero-order valence-corrected chi connectivity index (χ0v) is 13.9. The van der Waals surface area contributed by atoms with Crippen LogP contribution in [-0.2, 0) is 9.53 Å². The maximum absolute atomic E-state index is 11.8. The average Bonchev–Trinajstić information content (AvgIpc) is 2.34. The number of nitrogens with two attached hydrogens (primary N) is 1. The van der Waals surface area contributed by atoms with E-state index in [1.54, 1.807) is 32.3 Å². The summed E-state index contributed by atoms with van der Waals surface area (Å²) < 4.78 is 5.23. The third-order valence-corrected chi connectivity index (χ3v) is 3.49. The fourth-order valence-electron chi connectivity index (χ4n) is 1.58. The Morgan fingerprint density at radius 3 is 2.38 bits per heavy atom. The van der Waals surface area contributed by atoms with Crippen LogP contribution < -0.4 is 5.73 Å². The van der Waals surface area contributed by atoms with Crippen molar-refractivity contribution in [2.45, 2.75) is 31.3 Å². The van der Waals surface area contributed by atoms with E-state index in [2.05, 4.69) is 0 Å². The molecule has 1 rings (SSSR count). The fourth-order valence-corrected chi connectivity index (χ4v) is 2.30.